The molecule has 0 aliphatic carbocycles. The maximum absolute atomic E-state index is 8.78. The minimum Gasteiger partial charge on any atom is -0.465 e. The number of hydrogen-bond acceptors (Lipinski definition) is 2. The van der Waals surface area contributed by atoms with Gasteiger partial charge in [0, 0.05) is 12.3 Å². The normalized spacial score (nSPS) is 7.27. The molecule has 3 N–H and O–H groups in total. The van der Waals surface area contributed by atoms with Crippen LogP contribution in [0.15, 0.2) is 0 Å². The Labute approximate surface area is 70.6 Å². The predicted molar refractivity (Wildman–Crippen MR) is 42.4 cm³/mol. The van der Waals surface area contributed by atoms with Crippen molar-refractivity contribution in [1.29, 1.82) is 5.26 Å². The fraction of sp³-hybridized carbons (Fsp3) is 0.667. The minimum atomic E-state index is -1.33. The number of nitrogens with two attached hydrogens (primary N) is 1. The standard InChI is InChI=1S/C5H8ClN.CH3NO2/c6-4-2-1-3-5-7;2-1(3)4/h1-4H2;2H2,(H,3,4). The Kier molecular flexibility index (Phi) is 13.6. The Morgan fingerprint density at radius 3 is 2.36 bits per heavy atom. The number of nitrogens with zero attached hydrogens (tertiary/aromatic N) is 1. The topological polar surface area (TPSA) is 87.1 Å². The van der Waals surface area contributed by atoms with Gasteiger partial charge in [0.2, 0.25) is 0 Å². The molecule has 0 unspecified atom stereocenters. The fourth-order valence-electron chi connectivity index (χ4n) is 0.299. The zero-order chi connectivity index (χ0) is 9.11. The van der Waals surface area contributed by atoms with E-state index in [9.17, 15) is 0 Å². The van der Waals surface area contributed by atoms with Crippen LogP contribution in [0, 0.1) is 11.3 Å². The number of unbranched alkanes of at least 4 members (excludes halogenated alkanes) is 2. The summed E-state index contributed by atoms with van der Waals surface area (Å²) in [6.07, 6.45) is 1.22. The monoisotopic (exact) mass is 178 g/mol. The van der Waals surface area contributed by atoms with Crippen molar-refractivity contribution >= 4 is 17.7 Å². The third-order valence-corrected chi connectivity index (χ3v) is 0.939. The molecule has 0 aromatic heterocycles. The number of hydrogen-bond donors (Lipinski definition) is 2. The summed E-state index contributed by atoms with van der Waals surface area (Å²) in [6.45, 7) is 0. The summed E-state index contributed by atoms with van der Waals surface area (Å²) in [7, 11) is 0. The number of halogens is 1. The SMILES string of the molecule is N#CCCCCCl.NC(=O)O. The highest BCUT2D eigenvalue weighted by molar-refractivity contribution is 6.17. The van der Waals surface area contributed by atoms with Crippen LogP contribution in [0.2, 0.25) is 0 Å². The van der Waals surface area contributed by atoms with Gasteiger partial charge in [0.15, 0.2) is 0 Å². The van der Waals surface area contributed by atoms with E-state index in [4.69, 9.17) is 26.8 Å². The summed E-state index contributed by atoms with van der Waals surface area (Å²) in [5.41, 5.74) is 4.03. The van der Waals surface area contributed by atoms with Gasteiger partial charge in [-0.3, -0.25) is 0 Å². The van der Waals surface area contributed by atoms with E-state index < -0.39 is 6.09 Å². The van der Waals surface area contributed by atoms with Crippen LogP contribution >= 0.6 is 11.6 Å². The third-order valence-electron chi connectivity index (χ3n) is 0.672. The van der Waals surface area contributed by atoms with Crippen molar-refractivity contribution in [2.45, 2.75) is 19.3 Å². The molecule has 0 aliphatic heterocycles. The van der Waals surface area contributed by atoms with Gasteiger partial charge in [0.1, 0.15) is 0 Å². The Balaban J connectivity index is 0. The van der Waals surface area contributed by atoms with Crippen LogP contribution in [0.5, 0.6) is 0 Å². The van der Waals surface area contributed by atoms with Gasteiger partial charge < -0.3 is 10.8 Å². The quantitative estimate of drug-likeness (QED) is 0.508. The maximum atomic E-state index is 8.78. The molecule has 5 heteroatoms. The van der Waals surface area contributed by atoms with Crippen molar-refractivity contribution < 1.29 is 9.90 Å². The van der Waals surface area contributed by atoms with Crippen LogP contribution in [-0.4, -0.2) is 17.1 Å². The largest absolute Gasteiger partial charge is 0.465 e. The van der Waals surface area contributed by atoms with E-state index >= 15 is 0 Å². The summed E-state index contributed by atoms with van der Waals surface area (Å²) < 4.78 is 0. The Morgan fingerprint density at radius 1 is 1.64 bits per heavy atom. The van der Waals surface area contributed by atoms with Crippen LogP contribution in [0.25, 0.3) is 0 Å². The van der Waals surface area contributed by atoms with Gasteiger partial charge in [-0.25, -0.2) is 4.79 Å². The first kappa shape index (κ1) is 12.7. The molecule has 0 aromatic rings. The van der Waals surface area contributed by atoms with E-state index in [-0.39, 0.29) is 0 Å². The predicted octanol–water partition coefficient (Wildman–Crippen LogP) is 1.54. The minimum absolute atomic E-state index is 0.646. The first-order valence-electron chi connectivity index (χ1n) is 3.06. The van der Waals surface area contributed by atoms with Gasteiger partial charge in [-0.15, -0.1) is 11.6 Å². The molecule has 0 saturated heterocycles. The number of rotatable bonds is 3. The Morgan fingerprint density at radius 2 is 2.09 bits per heavy atom. The highest BCUT2D eigenvalue weighted by atomic mass is 35.5. The number of carboxylic acid groups (broad SMARTS) is 1. The van der Waals surface area contributed by atoms with E-state index in [1.54, 1.807) is 0 Å². The van der Waals surface area contributed by atoms with Gasteiger partial charge in [0.05, 0.1) is 6.07 Å². The lowest BCUT2D eigenvalue weighted by molar-refractivity contribution is 0.205. The van der Waals surface area contributed by atoms with E-state index in [0.29, 0.717) is 12.3 Å². The van der Waals surface area contributed by atoms with E-state index in [0.717, 1.165) is 12.8 Å². The fourth-order valence-corrected chi connectivity index (χ4v) is 0.488. The lowest BCUT2D eigenvalue weighted by atomic mass is 10.3. The van der Waals surface area contributed by atoms with Crippen molar-refractivity contribution in [3.8, 4) is 6.07 Å². The smallest absolute Gasteiger partial charge is 0.402 e. The molecule has 0 saturated carbocycles. The first-order chi connectivity index (χ1) is 5.15. The first-order valence-corrected chi connectivity index (χ1v) is 3.60. The van der Waals surface area contributed by atoms with Crippen molar-refractivity contribution in [3.63, 3.8) is 0 Å². The van der Waals surface area contributed by atoms with Crippen molar-refractivity contribution in [2.24, 2.45) is 5.73 Å². The molecule has 0 rings (SSSR count). The lowest BCUT2D eigenvalue weighted by Gasteiger charge is -1.83. The molecule has 0 aliphatic rings. The molecule has 1 amide bonds. The molecular formula is C6H11ClN2O2. The molecule has 11 heavy (non-hydrogen) atoms. The molecule has 4 nitrogen and oxygen atoms in total. The number of nitriles is 1. The zero-order valence-corrected chi connectivity index (χ0v) is 6.84. The number of amides is 1. The van der Waals surface area contributed by atoms with Crippen LogP contribution in [0.3, 0.4) is 0 Å². The number of primary amides is 1. The maximum Gasteiger partial charge on any atom is 0.402 e. The van der Waals surface area contributed by atoms with Gasteiger partial charge in [-0.05, 0) is 12.8 Å². The molecule has 0 atom stereocenters. The van der Waals surface area contributed by atoms with Crippen molar-refractivity contribution in [2.75, 3.05) is 5.88 Å². The van der Waals surface area contributed by atoms with Crippen LogP contribution < -0.4 is 5.73 Å². The number of carbonyl (C=O) groups is 1. The summed E-state index contributed by atoms with van der Waals surface area (Å²) in [4.78, 5) is 8.78. The molecular weight excluding hydrogens is 168 g/mol. The van der Waals surface area contributed by atoms with E-state index in [1.165, 1.54) is 0 Å². The summed E-state index contributed by atoms with van der Waals surface area (Å²) >= 11 is 5.33. The van der Waals surface area contributed by atoms with Gasteiger partial charge >= 0.3 is 6.09 Å². The Bertz CT molecular complexity index is 129. The van der Waals surface area contributed by atoms with Crippen molar-refractivity contribution in [3.05, 3.63) is 0 Å². The second-order valence-electron chi connectivity index (χ2n) is 1.64. The van der Waals surface area contributed by atoms with E-state index in [2.05, 4.69) is 5.73 Å². The highest BCUT2D eigenvalue weighted by Crippen LogP contribution is 1.93. The van der Waals surface area contributed by atoms with Crippen LogP contribution in [-0.2, 0) is 0 Å². The summed E-state index contributed by atoms with van der Waals surface area (Å²) in [5, 5.41) is 15.2. The summed E-state index contributed by atoms with van der Waals surface area (Å²) in [6, 6.07) is 2.04. The second-order valence-corrected chi connectivity index (χ2v) is 2.02. The lowest BCUT2D eigenvalue weighted by Crippen LogP contribution is -2.03. The Hall–Kier alpha value is -0.950. The van der Waals surface area contributed by atoms with Gasteiger partial charge in [0.25, 0.3) is 0 Å². The molecule has 0 bridgehead atoms. The average Bonchev–Trinajstić information content (AvgIpc) is 1.88. The van der Waals surface area contributed by atoms with Gasteiger partial charge in [-0.2, -0.15) is 5.26 Å². The average molecular weight is 179 g/mol. The number of alkyl halides is 1. The third kappa shape index (κ3) is 48.4. The molecule has 64 valence electrons. The molecule has 0 radical (unpaired) electrons. The molecule has 0 aromatic carbocycles. The second kappa shape index (κ2) is 11.8. The molecule has 0 heterocycles. The zero-order valence-electron chi connectivity index (χ0n) is 6.09. The van der Waals surface area contributed by atoms with Gasteiger partial charge in [-0.1, -0.05) is 0 Å². The highest BCUT2D eigenvalue weighted by Gasteiger charge is 1.80. The van der Waals surface area contributed by atoms with Crippen LogP contribution in [0.1, 0.15) is 19.3 Å². The van der Waals surface area contributed by atoms with E-state index in [1.807, 2.05) is 6.07 Å². The molecule has 0 fully saturated rings. The van der Waals surface area contributed by atoms with Crippen molar-refractivity contribution in [1.82, 2.24) is 0 Å². The molecule has 0 spiro atoms. The summed E-state index contributed by atoms with van der Waals surface area (Å²) in [5.74, 6) is 0.682. The van der Waals surface area contributed by atoms with Crippen LogP contribution in [0.4, 0.5) is 4.79 Å².